The van der Waals surface area contributed by atoms with Gasteiger partial charge in [-0.05, 0) is 12.1 Å². The van der Waals surface area contributed by atoms with E-state index in [-0.39, 0.29) is 24.4 Å². The molecule has 0 bridgehead atoms. The van der Waals surface area contributed by atoms with E-state index in [1.807, 2.05) is 0 Å². The van der Waals surface area contributed by atoms with Gasteiger partial charge in [-0.3, -0.25) is 9.59 Å². The van der Waals surface area contributed by atoms with Gasteiger partial charge in [0, 0.05) is 6.54 Å². The molecule has 2 rings (SSSR count). The Morgan fingerprint density at radius 3 is 2.85 bits per heavy atom. The van der Waals surface area contributed by atoms with Crippen molar-refractivity contribution in [3.05, 3.63) is 54.1 Å². The lowest BCUT2D eigenvalue weighted by atomic mass is 10.2. The van der Waals surface area contributed by atoms with Gasteiger partial charge in [0.15, 0.2) is 5.76 Å². The summed E-state index contributed by atoms with van der Waals surface area (Å²) in [6.45, 7) is 3.68. The minimum absolute atomic E-state index is 0.00702. The van der Waals surface area contributed by atoms with Crippen molar-refractivity contribution in [3.8, 4) is 0 Å². The maximum atomic E-state index is 13.4. The topological polar surface area (TPSA) is 69.6 Å². The van der Waals surface area contributed by atoms with Crippen molar-refractivity contribution in [3.63, 3.8) is 0 Å². The molecule has 1 aliphatic heterocycles. The maximum absolute atomic E-state index is 13.4. The number of anilines is 1. The Labute approximate surface area is 115 Å². The van der Waals surface area contributed by atoms with E-state index in [0.717, 1.165) is 0 Å². The number of nitrogens with zero attached hydrogens (tertiary/aromatic N) is 1. The van der Waals surface area contributed by atoms with Crippen molar-refractivity contribution in [1.82, 2.24) is 4.90 Å². The molecule has 6 heteroatoms. The van der Waals surface area contributed by atoms with Crippen LogP contribution in [0.4, 0.5) is 10.1 Å². The summed E-state index contributed by atoms with van der Waals surface area (Å²) in [6, 6.07) is 5.65. The zero-order valence-electron chi connectivity index (χ0n) is 10.6. The summed E-state index contributed by atoms with van der Waals surface area (Å²) < 4.78 is 13.4. The molecule has 1 heterocycles. The molecule has 5 nitrogen and oxygen atoms in total. The zero-order valence-corrected chi connectivity index (χ0v) is 10.6. The normalized spacial score (nSPS) is 14.7. The van der Waals surface area contributed by atoms with Gasteiger partial charge >= 0.3 is 0 Å². The first kappa shape index (κ1) is 13.8. The molecule has 0 aliphatic carbocycles. The molecule has 0 saturated carbocycles. The highest BCUT2D eigenvalue weighted by Crippen LogP contribution is 2.20. The van der Waals surface area contributed by atoms with E-state index in [2.05, 4.69) is 11.9 Å². The number of carbonyl (C=O) groups excluding carboxylic acids is 2. The molecule has 0 radical (unpaired) electrons. The largest absolute Gasteiger partial charge is 0.503 e. The molecule has 0 spiro atoms. The molecule has 2 N–H and O–H groups in total. The number of nitrogens with one attached hydrogen (secondary N) is 1. The lowest BCUT2D eigenvalue weighted by Gasteiger charge is -2.13. The Morgan fingerprint density at radius 2 is 2.20 bits per heavy atom. The van der Waals surface area contributed by atoms with Crippen molar-refractivity contribution in [2.24, 2.45) is 0 Å². The highest BCUT2D eigenvalue weighted by Gasteiger charge is 2.33. The summed E-state index contributed by atoms with van der Waals surface area (Å²) in [5.74, 6) is -2.54. The van der Waals surface area contributed by atoms with Crippen molar-refractivity contribution < 1.29 is 19.1 Å². The Hall–Kier alpha value is -2.63. The zero-order chi connectivity index (χ0) is 14.7. The van der Waals surface area contributed by atoms with E-state index < -0.39 is 23.4 Å². The molecule has 0 saturated heterocycles. The fourth-order valence-electron chi connectivity index (χ4n) is 1.86. The number of aliphatic hydroxyl groups excluding tert-OH is 1. The third kappa shape index (κ3) is 2.54. The molecule has 1 aliphatic rings. The molecule has 0 atom stereocenters. The molecule has 0 unspecified atom stereocenters. The van der Waals surface area contributed by atoms with E-state index >= 15 is 0 Å². The van der Waals surface area contributed by atoms with E-state index in [1.165, 1.54) is 29.2 Å². The van der Waals surface area contributed by atoms with Crippen LogP contribution in [-0.2, 0) is 9.59 Å². The van der Waals surface area contributed by atoms with Gasteiger partial charge in [0.05, 0.1) is 17.8 Å². The maximum Gasteiger partial charge on any atom is 0.289 e. The van der Waals surface area contributed by atoms with E-state index in [4.69, 9.17) is 0 Å². The minimum Gasteiger partial charge on any atom is -0.503 e. The fourth-order valence-corrected chi connectivity index (χ4v) is 1.86. The van der Waals surface area contributed by atoms with Gasteiger partial charge in [-0.25, -0.2) is 4.39 Å². The molecule has 1 aromatic carbocycles. The molecule has 104 valence electrons. The molecule has 20 heavy (non-hydrogen) atoms. The van der Waals surface area contributed by atoms with Gasteiger partial charge in [0.1, 0.15) is 5.82 Å². The Balaban J connectivity index is 2.16. The smallest absolute Gasteiger partial charge is 0.289 e. The molecular weight excluding hydrogens is 263 g/mol. The van der Waals surface area contributed by atoms with Crippen molar-refractivity contribution >= 4 is 17.5 Å². The van der Waals surface area contributed by atoms with Gasteiger partial charge in [-0.1, -0.05) is 18.2 Å². The molecule has 2 amide bonds. The first-order chi connectivity index (χ1) is 9.54. The molecule has 0 fully saturated rings. The predicted molar refractivity (Wildman–Crippen MR) is 71.5 cm³/mol. The number of rotatable bonds is 4. The van der Waals surface area contributed by atoms with Crippen LogP contribution in [0, 0.1) is 5.82 Å². The number of hydrogen-bond donors (Lipinski definition) is 2. The monoisotopic (exact) mass is 276 g/mol. The number of benzene rings is 1. The second-order valence-electron chi connectivity index (χ2n) is 4.24. The minimum atomic E-state index is -0.701. The Morgan fingerprint density at radius 1 is 1.50 bits per heavy atom. The second-order valence-corrected chi connectivity index (χ2v) is 4.24. The number of aliphatic hydroxyl groups is 1. The fraction of sp³-hybridized carbons (Fsp3) is 0.143. The van der Waals surface area contributed by atoms with E-state index in [1.54, 1.807) is 6.07 Å². The average Bonchev–Trinajstić information content (AvgIpc) is 2.70. The average molecular weight is 276 g/mol. The van der Waals surface area contributed by atoms with E-state index in [0.29, 0.717) is 0 Å². The van der Waals surface area contributed by atoms with Crippen LogP contribution in [0.3, 0.4) is 0 Å². The van der Waals surface area contributed by atoms with Gasteiger partial charge in [-0.15, -0.1) is 6.58 Å². The summed E-state index contributed by atoms with van der Waals surface area (Å²) >= 11 is 0. The number of carbonyl (C=O) groups is 2. The van der Waals surface area contributed by atoms with Crippen LogP contribution in [0.2, 0.25) is 0 Å². The second kappa shape index (κ2) is 5.56. The van der Waals surface area contributed by atoms with Gasteiger partial charge in [-0.2, -0.15) is 0 Å². The van der Waals surface area contributed by atoms with E-state index in [9.17, 15) is 19.1 Å². The van der Waals surface area contributed by atoms with Crippen LogP contribution in [0.5, 0.6) is 0 Å². The lowest BCUT2D eigenvalue weighted by Crippen LogP contribution is -2.28. The summed E-state index contributed by atoms with van der Waals surface area (Å²) in [6.07, 6.45) is 1.49. The van der Waals surface area contributed by atoms with Crippen LogP contribution in [0.15, 0.2) is 48.3 Å². The molecule has 0 aromatic heterocycles. The highest BCUT2D eigenvalue weighted by atomic mass is 19.1. The third-order valence-electron chi connectivity index (χ3n) is 2.87. The van der Waals surface area contributed by atoms with Gasteiger partial charge in [0.25, 0.3) is 11.8 Å². The number of para-hydroxylation sites is 1. The molecular formula is C14H13FN2O3. The number of halogens is 1. The van der Waals surface area contributed by atoms with Crippen LogP contribution < -0.4 is 5.32 Å². The predicted octanol–water partition coefficient (Wildman–Crippen LogP) is 1.60. The quantitative estimate of drug-likeness (QED) is 0.821. The molecule has 1 aromatic rings. The van der Waals surface area contributed by atoms with Gasteiger partial charge < -0.3 is 15.3 Å². The summed E-state index contributed by atoms with van der Waals surface area (Å²) in [7, 11) is 0. The number of amides is 2. The van der Waals surface area contributed by atoms with Crippen LogP contribution in [-0.4, -0.2) is 34.9 Å². The third-order valence-corrected chi connectivity index (χ3v) is 2.87. The first-order valence-electron chi connectivity index (χ1n) is 5.92. The van der Waals surface area contributed by atoms with Crippen LogP contribution in [0.25, 0.3) is 0 Å². The SMILES string of the molecule is C=CCN1CC(C(=O)Nc2ccccc2F)=C(O)C1=O. The highest BCUT2D eigenvalue weighted by molar-refractivity contribution is 6.12. The van der Waals surface area contributed by atoms with Crippen LogP contribution in [0.1, 0.15) is 0 Å². The van der Waals surface area contributed by atoms with Crippen molar-refractivity contribution in [2.75, 3.05) is 18.4 Å². The summed E-state index contributed by atoms with van der Waals surface area (Å²) in [5, 5.41) is 12.0. The van der Waals surface area contributed by atoms with Crippen LogP contribution >= 0.6 is 0 Å². The lowest BCUT2D eigenvalue weighted by molar-refractivity contribution is -0.127. The van der Waals surface area contributed by atoms with Gasteiger partial charge in [0.2, 0.25) is 0 Å². The summed E-state index contributed by atoms with van der Waals surface area (Å²) in [5.41, 5.74) is -0.0903. The Bertz CT molecular complexity index is 610. The number of hydrogen-bond acceptors (Lipinski definition) is 3. The standard InChI is InChI=1S/C14H13FN2O3/c1-2-7-17-8-9(12(18)14(17)20)13(19)16-11-6-4-3-5-10(11)15/h2-6,18H,1,7-8H2,(H,16,19). The Kier molecular flexibility index (Phi) is 3.84. The van der Waals surface area contributed by atoms with Crippen molar-refractivity contribution in [1.29, 1.82) is 0 Å². The summed E-state index contributed by atoms with van der Waals surface area (Å²) in [4.78, 5) is 24.9. The first-order valence-corrected chi connectivity index (χ1v) is 5.92. The van der Waals surface area contributed by atoms with Crippen molar-refractivity contribution in [2.45, 2.75) is 0 Å².